The zero-order valence-electron chi connectivity index (χ0n) is 12.0. The normalized spacial score (nSPS) is 10.5. The molecule has 1 aromatic heterocycles. The maximum atomic E-state index is 12.0. The summed E-state index contributed by atoms with van der Waals surface area (Å²) in [5.41, 5.74) is 0.710. The van der Waals surface area contributed by atoms with E-state index < -0.39 is 0 Å². The summed E-state index contributed by atoms with van der Waals surface area (Å²) < 4.78 is 0.878. The van der Waals surface area contributed by atoms with Crippen molar-refractivity contribution in [3.63, 3.8) is 0 Å². The predicted molar refractivity (Wildman–Crippen MR) is 96.9 cm³/mol. The van der Waals surface area contributed by atoms with Gasteiger partial charge in [0.15, 0.2) is 0 Å². The second kappa shape index (κ2) is 6.93. The van der Waals surface area contributed by atoms with Gasteiger partial charge >= 0.3 is 0 Å². The van der Waals surface area contributed by atoms with E-state index >= 15 is 0 Å². The van der Waals surface area contributed by atoms with Crippen molar-refractivity contribution in [2.45, 2.75) is 0 Å². The minimum atomic E-state index is -0.260. The molecular formula is C17H13BrN2O2S. The summed E-state index contributed by atoms with van der Waals surface area (Å²) in [6.45, 7) is -0.0683. The van der Waals surface area contributed by atoms with Crippen LogP contribution in [0.15, 0.2) is 58.4 Å². The molecule has 116 valence electrons. The zero-order chi connectivity index (χ0) is 16.2. The van der Waals surface area contributed by atoms with E-state index in [9.17, 15) is 9.59 Å². The number of anilines is 1. The number of amides is 2. The summed E-state index contributed by atoms with van der Waals surface area (Å²) in [6, 6.07) is 17.1. The third kappa shape index (κ3) is 3.97. The summed E-state index contributed by atoms with van der Waals surface area (Å²) in [5, 5.41) is 7.56. The lowest BCUT2D eigenvalue weighted by molar-refractivity contribution is -0.115. The van der Waals surface area contributed by atoms with Crippen LogP contribution in [0.4, 0.5) is 5.69 Å². The molecular weight excluding hydrogens is 376 g/mol. The van der Waals surface area contributed by atoms with Gasteiger partial charge in [-0.05, 0) is 51.0 Å². The third-order valence-corrected chi connectivity index (χ3v) is 4.86. The van der Waals surface area contributed by atoms with Crippen LogP contribution in [0.3, 0.4) is 0 Å². The molecule has 3 aromatic rings. The van der Waals surface area contributed by atoms with Gasteiger partial charge < -0.3 is 10.6 Å². The number of fused-ring (bicyclic) bond motifs is 1. The molecule has 0 bridgehead atoms. The fraction of sp³-hybridized carbons (Fsp3) is 0.0588. The van der Waals surface area contributed by atoms with E-state index in [0.717, 1.165) is 14.6 Å². The van der Waals surface area contributed by atoms with E-state index in [1.165, 1.54) is 11.3 Å². The van der Waals surface area contributed by atoms with Crippen LogP contribution in [0.2, 0.25) is 0 Å². The van der Waals surface area contributed by atoms with Crippen LogP contribution in [0.5, 0.6) is 0 Å². The highest BCUT2D eigenvalue weighted by molar-refractivity contribution is 9.11. The van der Waals surface area contributed by atoms with Crippen LogP contribution in [0.25, 0.3) is 10.8 Å². The van der Waals surface area contributed by atoms with Crippen molar-refractivity contribution >= 4 is 55.5 Å². The number of benzene rings is 2. The molecule has 0 atom stereocenters. The molecule has 4 nitrogen and oxygen atoms in total. The molecule has 2 aromatic carbocycles. The van der Waals surface area contributed by atoms with E-state index in [2.05, 4.69) is 26.6 Å². The topological polar surface area (TPSA) is 58.2 Å². The number of hydrogen-bond acceptors (Lipinski definition) is 3. The number of halogens is 1. The van der Waals surface area contributed by atoms with E-state index in [0.29, 0.717) is 10.6 Å². The smallest absolute Gasteiger partial charge is 0.261 e. The number of carbonyl (C=O) groups excluding carboxylic acids is 2. The van der Waals surface area contributed by atoms with Gasteiger partial charge in [0.1, 0.15) is 0 Å². The Bertz CT molecular complexity index is 876. The monoisotopic (exact) mass is 388 g/mol. The molecule has 1 heterocycles. The highest BCUT2D eigenvalue weighted by Crippen LogP contribution is 2.22. The van der Waals surface area contributed by atoms with Crippen LogP contribution in [-0.2, 0) is 4.79 Å². The Labute approximate surface area is 145 Å². The Kier molecular flexibility index (Phi) is 4.73. The van der Waals surface area contributed by atoms with Crippen LogP contribution in [0, 0.1) is 0 Å². The maximum absolute atomic E-state index is 12.0. The van der Waals surface area contributed by atoms with E-state index in [4.69, 9.17) is 0 Å². The minimum absolute atomic E-state index is 0.0683. The summed E-state index contributed by atoms with van der Waals surface area (Å²) >= 11 is 4.63. The average Bonchev–Trinajstić information content (AvgIpc) is 2.99. The molecule has 0 fully saturated rings. The molecule has 0 aliphatic heterocycles. The highest BCUT2D eigenvalue weighted by atomic mass is 79.9. The minimum Gasteiger partial charge on any atom is -0.342 e. The molecule has 0 spiro atoms. The molecule has 23 heavy (non-hydrogen) atoms. The number of thiophene rings is 1. The fourth-order valence-electron chi connectivity index (χ4n) is 2.16. The molecule has 2 N–H and O–H groups in total. The molecule has 0 saturated heterocycles. The Balaban J connectivity index is 1.59. The first-order chi connectivity index (χ1) is 11.1. The SMILES string of the molecule is O=C(CNC(=O)c1ccc(Br)s1)Nc1ccc2ccccc2c1. The van der Waals surface area contributed by atoms with E-state index in [1.807, 2.05) is 42.5 Å². The summed E-state index contributed by atoms with van der Waals surface area (Å²) in [4.78, 5) is 24.4. The third-order valence-electron chi connectivity index (χ3n) is 3.24. The van der Waals surface area contributed by atoms with Gasteiger partial charge in [0.2, 0.25) is 5.91 Å². The van der Waals surface area contributed by atoms with E-state index in [1.54, 1.807) is 12.1 Å². The first kappa shape index (κ1) is 15.7. The van der Waals surface area contributed by atoms with Gasteiger partial charge in [-0.1, -0.05) is 30.3 Å². The second-order valence-electron chi connectivity index (χ2n) is 4.90. The lowest BCUT2D eigenvalue weighted by atomic mass is 10.1. The molecule has 0 radical (unpaired) electrons. The predicted octanol–water partition coefficient (Wildman–Crippen LogP) is 4.03. The maximum Gasteiger partial charge on any atom is 0.261 e. The summed E-state index contributed by atoms with van der Waals surface area (Å²) in [5.74, 6) is -0.515. The zero-order valence-corrected chi connectivity index (χ0v) is 14.4. The van der Waals surface area contributed by atoms with Gasteiger partial charge in [-0.15, -0.1) is 11.3 Å². The molecule has 0 unspecified atom stereocenters. The van der Waals surface area contributed by atoms with E-state index in [-0.39, 0.29) is 18.4 Å². The van der Waals surface area contributed by atoms with Crippen molar-refractivity contribution in [2.75, 3.05) is 11.9 Å². The number of carbonyl (C=O) groups is 2. The Morgan fingerprint density at radius 2 is 1.78 bits per heavy atom. The van der Waals surface area contributed by atoms with Crippen LogP contribution in [0.1, 0.15) is 9.67 Å². The van der Waals surface area contributed by atoms with Gasteiger partial charge in [-0.2, -0.15) is 0 Å². The van der Waals surface area contributed by atoms with Gasteiger partial charge in [-0.3, -0.25) is 9.59 Å². The van der Waals surface area contributed by atoms with Crippen molar-refractivity contribution < 1.29 is 9.59 Å². The largest absolute Gasteiger partial charge is 0.342 e. The Morgan fingerprint density at radius 1 is 1.00 bits per heavy atom. The number of rotatable bonds is 4. The molecule has 0 saturated carbocycles. The lowest BCUT2D eigenvalue weighted by Crippen LogP contribution is -2.32. The molecule has 0 aliphatic rings. The van der Waals surface area contributed by atoms with Gasteiger partial charge in [-0.25, -0.2) is 0 Å². The molecule has 2 amide bonds. The number of hydrogen-bond donors (Lipinski definition) is 2. The van der Waals surface area contributed by atoms with Crippen molar-refractivity contribution in [2.24, 2.45) is 0 Å². The second-order valence-corrected chi connectivity index (χ2v) is 7.36. The van der Waals surface area contributed by atoms with Crippen molar-refractivity contribution in [1.82, 2.24) is 5.32 Å². The average molecular weight is 389 g/mol. The van der Waals surface area contributed by atoms with Crippen molar-refractivity contribution in [1.29, 1.82) is 0 Å². The Morgan fingerprint density at radius 3 is 2.52 bits per heavy atom. The molecule has 6 heteroatoms. The standard InChI is InChI=1S/C17H13BrN2O2S/c18-15-8-7-14(23-15)17(22)19-10-16(21)20-13-6-5-11-3-1-2-4-12(11)9-13/h1-9H,10H2,(H,19,22)(H,20,21). The van der Waals surface area contributed by atoms with Gasteiger partial charge in [0.25, 0.3) is 5.91 Å². The lowest BCUT2D eigenvalue weighted by Gasteiger charge is -2.07. The fourth-order valence-corrected chi connectivity index (χ4v) is 3.46. The van der Waals surface area contributed by atoms with Gasteiger partial charge in [0.05, 0.1) is 15.2 Å². The van der Waals surface area contributed by atoms with Gasteiger partial charge in [0, 0.05) is 5.69 Å². The molecule has 3 rings (SSSR count). The van der Waals surface area contributed by atoms with Crippen molar-refractivity contribution in [3.05, 3.63) is 63.3 Å². The van der Waals surface area contributed by atoms with Crippen LogP contribution < -0.4 is 10.6 Å². The van der Waals surface area contributed by atoms with Crippen molar-refractivity contribution in [3.8, 4) is 0 Å². The van der Waals surface area contributed by atoms with Crippen LogP contribution >= 0.6 is 27.3 Å². The van der Waals surface area contributed by atoms with Crippen LogP contribution in [-0.4, -0.2) is 18.4 Å². The first-order valence-electron chi connectivity index (χ1n) is 6.94. The summed E-state index contributed by atoms with van der Waals surface area (Å²) in [6.07, 6.45) is 0. The quantitative estimate of drug-likeness (QED) is 0.708. The number of nitrogens with one attached hydrogen (secondary N) is 2. The molecule has 0 aliphatic carbocycles. The first-order valence-corrected chi connectivity index (χ1v) is 8.55. The summed E-state index contributed by atoms with van der Waals surface area (Å²) in [7, 11) is 0. The highest BCUT2D eigenvalue weighted by Gasteiger charge is 2.10. The Hall–Kier alpha value is -2.18.